The largest absolute Gasteiger partial charge is 0.489 e. The van der Waals surface area contributed by atoms with Crippen LogP contribution in [0.15, 0.2) is 87.7 Å². The lowest BCUT2D eigenvalue weighted by Crippen LogP contribution is -2.15. The molecule has 9 heteroatoms. The fourth-order valence-corrected chi connectivity index (χ4v) is 5.30. The predicted octanol–water partition coefficient (Wildman–Crippen LogP) is 5.58. The first-order valence-corrected chi connectivity index (χ1v) is 12.8. The topological polar surface area (TPSA) is 90.4 Å². The molecule has 0 unspecified atom stereocenters. The van der Waals surface area contributed by atoms with E-state index < -0.39 is 12.0 Å². The lowest BCUT2D eigenvalue weighted by molar-refractivity contribution is 0.0995. The van der Waals surface area contributed by atoms with Crippen molar-refractivity contribution in [2.75, 3.05) is 0 Å². The Hall–Kier alpha value is -2.78. The first-order valence-electron chi connectivity index (χ1n) is 11.1. The van der Waals surface area contributed by atoms with E-state index in [4.69, 9.17) is 10.5 Å². The first kappa shape index (κ1) is 26.8. The number of rotatable bonds is 12. The van der Waals surface area contributed by atoms with Gasteiger partial charge < -0.3 is 20.1 Å². The van der Waals surface area contributed by atoms with Crippen LogP contribution >= 0.6 is 35.5 Å². The fourth-order valence-electron chi connectivity index (χ4n) is 3.55. The minimum atomic E-state index is -0.571. The van der Waals surface area contributed by atoms with Crippen LogP contribution in [0.3, 0.4) is 0 Å². The Kier molecular flexibility index (Phi) is 10.2. The highest BCUT2D eigenvalue weighted by Gasteiger charge is 2.10. The highest BCUT2D eigenvalue weighted by atomic mass is 35.5. The van der Waals surface area contributed by atoms with E-state index in [9.17, 15) is 9.90 Å². The molecule has 3 N–H and O–H groups in total. The van der Waals surface area contributed by atoms with E-state index in [0.717, 1.165) is 29.7 Å². The summed E-state index contributed by atoms with van der Waals surface area (Å²) in [6.45, 7) is 0.881. The summed E-state index contributed by atoms with van der Waals surface area (Å²) in [5.41, 5.74) is 7.67. The summed E-state index contributed by atoms with van der Waals surface area (Å²) in [6.07, 6.45) is 4.78. The van der Waals surface area contributed by atoms with Gasteiger partial charge >= 0.3 is 0 Å². The van der Waals surface area contributed by atoms with Gasteiger partial charge in [0.25, 0.3) is 5.91 Å². The van der Waals surface area contributed by atoms with Gasteiger partial charge in [0.1, 0.15) is 18.1 Å². The predicted molar refractivity (Wildman–Crippen MR) is 143 cm³/mol. The molecule has 0 radical (unpaired) electrons. The molecular weight excluding hydrogens is 502 g/mol. The van der Waals surface area contributed by atoms with Crippen molar-refractivity contribution in [3.05, 3.63) is 95.4 Å². The quantitative estimate of drug-likeness (QED) is 0.250. The van der Waals surface area contributed by atoms with Gasteiger partial charge in [-0.05, 0) is 60.0 Å². The molecule has 0 spiro atoms. The number of ether oxygens (including phenoxy) is 1. The number of amides is 1. The summed E-state index contributed by atoms with van der Waals surface area (Å²) in [4.78, 5) is 16.3. The summed E-state index contributed by atoms with van der Waals surface area (Å²) < 4.78 is 9.09. The molecule has 6 nitrogen and oxygen atoms in total. The number of aryl methyl sites for hydroxylation is 1. The molecule has 0 aliphatic heterocycles. The molecule has 0 bridgehead atoms. The molecule has 0 fully saturated rings. The summed E-state index contributed by atoms with van der Waals surface area (Å²) in [5, 5.41) is 12.4. The zero-order chi connectivity index (χ0) is 23.8. The Morgan fingerprint density at radius 3 is 2.66 bits per heavy atom. The number of halogens is 1. The summed E-state index contributed by atoms with van der Waals surface area (Å²) in [6, 6.07) is 20.7. The Bertz CT molecular complexity index is 1200. The van der Waals surface area contributed by atoms with E-state index in [1.165, 1.54) is 15.4 Å². The highest BCUT2D eigenvalue weighted by molar-refractivity contribution is 8.01. The molecule has 0 saturated heterocycles. The van der Waals surface area contributed by atoms with Crippen molar-refractivity contribution >= 4 is 41.4 Å². The first-order chi connectivity index (χ1) is 16.6. The summed E-state index contributed by atoms with van der Waals surface area (Å²) in [5.74, 6) is 0.299. The minimum absolute atomic E-state index is 0. The Morgan fingerprint density at radius 2 is 1.94 bits per heavy atom. The molecule has 35 heavy (non-hydrogen) atoms. The molecule has 2 aromatic carbocycles. The second-order valence-electron chi connectivity index (χ2n) is 7.94. The maximum atomic E-state index is 11.1. The molecule has 0 aliphatic rings. The smallest absolute Gasteiger partial charge is 0.268 e. The number of hydrogen-bond donors (Lipinski definition) is 2. The third-order valence-corrected chi connectivity index (χ3v) is 7.34. The molecule has 0 aliphatic carbocycles. The maximum absolute atomic E-state index is 11.1. The van der Waals surface area contributed by atoms with Gasteiger partial charge in [-0.25, -0.2) is 4.98 Å². The van der Waals surface area contributed by atoms with Crippen LogP contribution in [0.2, 0.25) is 0 Å². The number of nitrogens with two attached hydrogens (primary N) is 1. The van der Waals surface area contributed by atoms with E-state index >= 15 is 0 Å². The Balaban J connectivity index is 0.00000342. The summed E-state index contributed by atoms with van der Waals surface area (Å²) in [7, 11) is 0. The van der Waals surface area contributed by atoms with Gasteiger partial charge in [-0.3, -0.25) is 4.79 Å². The molecule has 4 rings (SSSR count). The average molecular weight is 530 g/mol. The molecule has 0 saturated carbocycles. The van der Waals surface area contributed by atoms with Crippen molar-refractivity contribution in [1.29, 1.82) is 0 Å². The lowest BCUT2D eigenvalue weighted by Gasteiger charge is -2.14. The van der Waals surface area contributed by atoms with Crippen LogP contribution < -0.4 is 10.5 Å². The number of aliphatic hydroxyl groups excluding tert-OH is 1. The van der Waals surface area contributed by atoms with Crippen molar-refractivity contribution in [3.63, 3.8) is 0 Å². The lowest BCUT2D eigenvalue weighted by atomic mass is 10.0. The van der Waals surface area contributed by atoms with E-state index in [-0.39, 0.29) is 18.1 Å². The van der Waals surface area contributed by atoms with E-state index in [0.29, 0.717) is 19.6 Å². The number of hydrogen-bond acceptors (Lipinski definition) is 6. The number of primary amides is 1. The zero-order valence-electron chi connectivity index (χ0n) is 19.1. The second-order valence-corrected chi connectivity index (χ2v) is 10.3. The molecule has 184 valence electrons. The van der Waals surface area contributed by atoms with Crippen molar-refractivity contribution in [2.24, 2.45) is 5.73 Å². The summed E-state index contributed by atoms with van der Waals surface area (Å²) >= 11 is 3.51. The number of aliphatic hydroxyl groups is 1. The van der Waals surface area contributed by atoms with Crippen molar-refractivity contribution in [1.82, 2.24) is 9.55 Å². The Labute approximate surface area is 219 Å². The van der Waals surface area contributed by atoms with Crippen LogP contribution in [0.25, 0.3) is 0 Å². The SMILES string of the molecule is Cl.NC(=O)c1cn(C[C@@H](O)CCCc2ccccc2OCc2ccc(Sc3cccs3)cc2)cn1. The van der Waals surface area contributed by atoms with Crippen LogP contribution in [0, 0.1) is 0 Å². The third kappa shape index (κ3) is 8.14. The number of para-hydroxylation sites is 1. The van der Waals surface area contributed by atoms with Gasteiger partial charge in [0, 0.05) is 17.6 Å². The number of carbonyl (C=O) groups is 1. The van der Waals surface area contributed by atoms with Crippen LogP contribution in [-0.4, -0.2) is 26.7 Å². The number of carbonyl (C=O) groups excluding carboxylic acids is 1. The van der Waals surface area contributed by atoms with Crippen molar-refractivity contribution < 1.29 is 14.6 Å². The molecule has 2 heterocycles. The minimum Gasteiger partial charge on any atom is -0.489 e. The normalized spacial score (nSPS) is 11.6. The van der Waals surface area contributed by atoms with Gasteiger partial charge in [0.2, 0.25) is 0 Å². The van der Waals surface area contributed by atoms with Gasteiger partial charge in [0.05, 0.1) is 16.6 Å². The molecule has 4 aromatic rings. The van der Waals surface area contributed by atoms with Crippen LogP contribution in [0.5, 0.6) is 5.75 Å². The average Bonchev–Trinajstić information content (AvgIpc) is 3.52. The van der Waals surface area contributed by atoms with Crippen molar-refractivity contribution in [3.8, 4) is 5.75 Å². The number of thiophene rings is 1. The van der Waals surface area contributed by atoms with Gasteiger partial charge in [-0.2, -0.15) is 0 Å². The fraction of sp³-hybridized carbons (Fsp3) is 0.231. The van der Waals surface area contributed by atoms with Gasteiger partial charge in [-0.15, -0.1) is 23.7 Å². The second kappa shape index (κ2) is 13.3. The highest BCUT2D eigenvalue weighted by Crippen LogP contribution is 2.31. The van der Waals surface area contributed by atoms with Crippen LogP contribution in [-0.2, 0) is 19.6 Å². The zero-order valence-corrected chi connectivity index (χ0v) is 21.5. The number of benzene rings is 2. The van der Waals surface area contributed by atoms with Crippen molar-refractivity contribution in [2.45, 2.75) is 47.6 Å². The standard InChI is InChI=1S/C26H27N3O3S2.ClH/c27-26(31)23-16-29(18-28-23)15-21(30)7-3-6-20-5-1-2-8-24(20)32-17-19-10-12-22(13-11-19)34-25-9-4-14-33-25;/h1-2,4-5,8-14,16,18,21,30H,3,6-7,15,17H2,(H2,27,31);1H/t21-;/m0./s1. The molecule has 2 aromatic heterocycles. The molecule has 1 amide bonds. The number of aromatic nitrogens is 2. The monoisotopic (exact) mass is 529 g/mol. The van der Waals surface area contributed by atoms with E-state index in [2.05, 4.69) is 52.8 Å². The van der Waals surface area contributed by atoms with Crippen LogP contribution in [0.1, 0.15) is 34.5 Å². The number of imidazole rings is 1. The van der Waals surface area contributed by atoms with Crippen LogP contribution in [0.4, 0.5) is 0 Å². The Morgan fingerprint density at radius 1 is 1.14 bits per heavy atom. The number of nitrogens with zero attached hydrogens (tertiary/aromatic N) is 2. The third-order valence-electron chi connectivity index (χ3n) is 5.29. The maximum Gasteiger partial charge on any atom is 0.268 e. The molecule has 1 atom stereocenters. The molecular formula is C26H28ClN3O3S2. The van der Waals surface area contributed by atoms with E-state index in [1.807, 2.05) is 18.2 Å². The van der Waals surface area contributed by atoms with Gasteiger partial charge in [-0.1, -0.05) is 48.2 Å². The van der Waals surface area contributed by atoms with E-state index in [1.54, 1.807) is 33.9 Å². The van der Waals surface area contributed by atoms with Gasteiger partial charge in [0.15, 0.2) is 0 Å².